The first kappa shape index (κ1) is 24.3. The minimum atomic E-state index is -4.67. The van der Waals surface area contributed by atoms with Gasteiger partial charge in [-0.15, -0.1) is 24.8 Å². The molecule has 0 unspecified atom stereocenters. The van der Waals surface area contributed by atoms with Gasteiger partial charge in [-0.25, -0.2) is 0 Å². The van der Waals surface area contributed by atoms with Crippen molar-refractivity contribution >= 4 is 24.8 Å². The molecule has 1 atom stereocenters. The minimum absolute atomic E-state index is 0. The zero-order chi connectivity index (χ0) is 18.2. The molecule has 2 fully saturated rings. The molecule has 0 aromatic heterocycles. The van der Waals surface area contributed by atoms with Crippen molar-refractivity contribution in [3.63, 3.8) is 0 Å². The Morgan fingerprint density at radius 3 is 2.04 bits per heavy atom. The van der Waals surface area contributed by atoms with Crippen molar-refractivity contribution in [1.82, 2.24) is 10.2 Å². The molecule has 1 aliphatic heterocycles. The number of halogens is 8. The van der Waals surface area contributed by atoms with Crippen molar-refractivity contribution in [3.05, 3.63) is 34.9 Å². The van der Waals surface area contributed by atoms with Gasteiger partial charge < -0.3 is 5.32 Å². The molecule has 2 nitrogen and oxygen atoms in total. The average molecular weight is 439 g/mol. The number of alkyl halides is 6. The normalized spacial score (nSPS) is 19.8. The highest BCUT2D eigenvalue weighted by Crippen LogP contribution is 2.45. The van der Waals surface area contributed by atoms with Crippen LogP contribution in [0.2, 0.25) is 0 Å². The smallest absolute Gasteiger partial charge is 0.314 e. The van der Waals surface area contributed by atoms with E-state index in [1.807, 2.05) is 4.90 Å². The lowest BCUT2D eigenvalue weighted by Gasteiger charge is -2.36. The molecule has 156 valence electrons. The lowest BCUT2D eigenvalue weighted by Crippen LogP contribution is -2.45. The van der Waals surface area contributed by atoms with Crippen molar-refractivity contribution in [1.29, 1.82) is 0 Å². The Morgan fingerprint density at radius 1 is 0.963 bits per heavy atom. The number of benzene rings is 1. The van der Waals surface area contributed by atoms with E-state index in [2.05, 4.69) is 5.32 Å². The first-order chi connectivity index (χ1) is 11.7. The molecule has 27 heavy (non-hydrogen) atoms. The van der Waals surface area contributed by atoms with Gasteiger partial charge in [0, 0.05) is 32.2 Å². The molecule has 0 radical (unpaired) electrons. The molecule has 2 aliphatic rings. The van der Waals surface area contributed by atoms with Gasteiger partial charge in [0.1, 0.15) is 0 Å². The Bertz CT molecular complexity index is 610. The van der Waals surface area contributed by atoms with Gasteiger partial charge in [0.05, 0.1) is 11.1 Å². The van der Waals surface area contributed by atoms with E-state index in [4.69, 9.17) is 0 Å². The van der Waals surface area contributed by atoms with Crippen molar-refractivity contribution in [2.45, 2.75) is 37.7 Å². The fourth-order valence-electron chi connectivity index (χ4n) is 3.41. The van der Waals surface area contributed by atoms with Crippen LogP contribution >= 0.6 is 24.8 Å². The highest BCUT2D eigenvalue weighted by Gasteiger charge is 2.41. The summed E-state index contributed by atoms with van der Waals surface area (Å²) in [6, 6.07) is 1.18. The molecular formula is C17H22Cl2F6N2. The summed E-state index contributed by atoms with van der Waals surface area (Å²) in [4.78, 5) is 1.89. The molecule has 0 spiro atoms. The molecule has 1 aliphatic carbocycles. The first-order valence-electron chi connectivity index (χ1n) is 8.39. The molecule has 0 amide bonds. The maximum Gasteiger partial charge on any atom is 0.416 e. The van der Waals surface area contributed by atoms with Crippen molar-refractivity contribution in [2.24, 2.45) is 5.92 Å². The first-order valence-corrected chi connectivity index (χ1v) is 8.39. The van der Waals surface area contributed by atoms with Crippen LogP contribution in [0.15, 0.2) is 18.2 Å². The van der Waals surface area contributed by atoms with Crippen LogP contribution in [-0.2, 0) is 12.4 Å². The topological polar surface area (TPSA) is 15.3 Å². The van der Waals surface area contributed by atoms with Crippen LogP contribution in [0, 0.1) is 5.92 Å². The summed E-state index contributed by atoms with van der Waals surface area (Å²) in [5, 5.41) is 3.13. The van der Waals surface area contributed by atoms with E-state index < -0.39 is 29.5 Å². The second kappa shape index (κ2) is 9.20. The molecule has 1 aromatic carbocycles. The van der Waals surface area contributed by atoms with Crippen LogP contribution in [0.25, 0.3) is 0 Å². The van der Waals surface area contributed by atoms with E-state index in [1.54, 1.807) is 0 Å². The molecule has 3 rings (SSSR count). The molecule has 1 saturated heterocycles. The van der Waals surface area contributed by atoms with Crippen molar-refractivity contribution in [3.8, 4) is 0 Å². The maximum atomic E-state index is 13.4. The number of piperazine rings is 1. The Labute approximate surface area is 166 Å². The predicted molar refractivity (Wildman–Crippen MR) is 95.5 cm³/mol. The quantitative estimate of drug-likeness (QED) is 0.640. The zero-order valence-corrected chi connectivity index (χ0v) is 16.0. The highest BCUT2D eigenvalue weighted by atomic mass is 35.5. The second-order valence-corrected chi connectivity index (χ2v) is 6.78. The Balaban J connectivity index is 0.00000182. The number of rotatable bonds is 4. The van der Waals surface area contributed by atoms with Gasteiger partial charge in [-0.3, -0.25) is 4.90 Å². The molecule has 1 heterocycles. The molecule has 10 heteroatoms. The van der Waals surface area contributed by atoms with Gasteiger partial charge in [0.25, 0.3) is 0 Å². The SMILES string of the molecule is Cl.Cl.FC(F)(F)c1ccc(C(F)(F)F)c([C@@H](CC2CC2)N2CCNCC2)c1. The zero-order valence-electron chi connectivity index (χ0n) is 14.4. The Kier molecular flexibility index (Phi) is 8.29. The van der Waals surface area contributed by atoms with E-state index in [1.165, 1.54) is 0 Å². The summed E-state index contributed by atoms with van der Waals surface area (Å²) in [6.45, 7) is 2.32. The summed E-state index contributed by atoms with van der Waals surface area (Å²) in [6.07, 6.45) is -6.99. The predicted octanol–water partition coefficient (Wildman–Crippen LogP) is 5.31. The molecule has 0 bridgehead atoms. The fraction of sp³-hybridized carbons (Fsp3) is 0.647. The lowest BCUT2D eigenvalue weighted by molar-refractivity contribution is -0.142. The van der Waals surface area contributed by atoms with Crippen LogP contribution in [0.5, 0.6) is 0 Å². The third-order valence-corrected chi connectivity index (χ3v) is 4.89. The summed E-state index contributed by atoms with van der Waals surface area (Å²) in [5.74, 6) is 0.301. The third kappa shape index (κ3) is 6.14. The minimum Gasteiger partial charge on any atom is -0.314 e. The van der Waals surface area contributed by atoms with E-state index in [0.717, 1.165) is 12.8 Å². The monoisotopic (exact) mass is 438 g/mol. The van der Waals surface area contributed by atoms with Crippen LogP contribution in [0.3, 0.4) is 0 Å². The van der Waals surface area contributed by atoms with Crippen LogP contribution in [0.1, 0.15) is 42.0 Å². The van der Waals surface area contributed by atoms with Crippen LogP contribution < -0.4 is 5.32 Å². The van der Waals surface area contributed by atoms with E-state index >= 15 is 0 Å². The van der Waals surface area contributed by atoms with Crippen molar-refractivity contribution < 1.29 is 26.3 Å². The van der Waals surface area contributed by atoms with Gasteiger partial charge >= 0.3 is 12.4 Å². The van der Waals surface area contributed by atoms with E-state index in [-0.39, 0.29) is 30.4 Å². The third-order valence-electron chi connectivity index (χ3n) is 4.89. The summed E-state index contributed by atoms with van der Waals surface area (Å²) in [5.41, 5.74) is -2.22. The summed E-state index contributed by atoms with van der Waals surface area (Å²) >= 11 is 0. The number of hydrogen-bond donors (Lipinski definition) is 1. The van der Waals surface area contributed by atoms with Crippen LogP contribution in [0.4, 0.5) is 26.3 Å². The standard InChI is InChI=1S/C17H20F6N2.2ClH/c18-16(19,20)12-3-4-14(17(21,22)23)13(10-12)15(9-11-1-2-11)25-7-5-24-6-8-25;;/h3-4,10-11,15,24H,1-2,5-9H2;2*1H/t15-;;/m1../s1. The summed E-state index contributed by atoms with van der Waals surface area (Å²) < 4.78 is 79.6. The van der Waals surface area contributed by atoms with Crippen molar-refractivity contribution in [2.75, 3.05) is 26.2 Å². The number of nitrogens with one attached hydrogen (secondary N) is 1. The van der Waals surface area contributed by atoms with Crippen LogP contribution in [-0.4, -0.2) is 31.1 Å². The fourth-order valence-corrected chi connectivity index (χ4v) is 3.41. The average Bonchev–Trinajstić information content (AvgIpc) is 3.35. The van der Waals surface area contributed by atoms with Gasteiger partial charge in [0.15, 0.2) is 0 Å². The molecular weight excluding hydrogens is 417 g/mol. The largest absolute Gasteiger partial charge is 0.416 e. The number of nitrogens with zero attached hydrogens (tertiary/aromatic N) is 1. The highest BCUT2D eigenvalue weighted by molar-refractivity contribution is 5.85. The number of hydrogen-bond acceptors (Lipinski definition) is 2. The van der Waals surface area contributed by atoms with Gasteiger partial charge in [0.2, 0.25) is 0 Å². The van der Waals surface area contributed by atoms with E-state index in [0.29, 0.717) is 56.7 Å². The lowest BCUT2D eigenvalue weighted by atomic mass is 9.92. The molecule has 1 aromatic rings. The second-order valence-electron chi connectivity index (χ2n) is 6.78. The maximum absolute atomic E-state index is 13.4. The van der Waals surface area contributed by atoms with E-state index in [9.17, 15) is 26.3 Å². The molecule has 1 N–H and O–H groups in total. The van der Waals surface area contributed by atoms with Gasteiger partial charge in [-0.2, -0.15) is 26.3 Å². The molecule has 1 saturated carbocycles. The summed E-state index contributed by atoms with van der Waals surface area (Å²) in [7, 11) is 0. The Hall–Kier alpha value is -0.700. The van der Waals surface area contributed by atoms with Gasteiger partial charge in [-0.05, 0) is 36.1 Å². The Morgan fingerprint density at radius 2 is 1.56 bits per heavy atom. The van der Waals surface area contributed by atoms with Gasteiger partial charge in [-0.1, -0.05) is 12.8 Å².